The largest absolute Gasteiger partial charge is 0.244 e. The maximum atomic E-state index is 4.85. The quantitative estimate of drug-likeness (QED) is 0.503. The van der Waals surface area contributed by atoms with Crippen LogP contribution in [-0.2, 0) is 0 Å². The molecule has 0 N–H and O–H groups in total. The summed E-state index contributed by atoms with van der Waals surface area (Å²) in [5.74, 6) is 0.656. The lowest BCUT2D eigenvalue weighted by Gasteiger charge is -2.12. The minimum Gasteiger partial charge on any atom is -0.244 e. The molecule has 2 heterocycles. The van der Waals surface area contributed by atoms with Gasteiger partial charge in [-0.25, -0.2) is 15.0 Å². The average Bonchev–Trinajstić information content (AvgIpc) is 2.61. The molecule has 0 amide bonds. The minimum atomic E-state index is 0.656. The van der Waals surface area contributed by atoms with E-state index in [1.807, 2.05) is 42.6 Å². The molecule has 0 unspecified atom stereocenters. The second kappa shape index (κ2) is 6.10. The maximum Gasteiger partial charge on any atom is 0.178 e. The van der Waals surface area contributed by atoms with Gasteiger partial charge in [-0.05, 0) is 50.1 Å². The predicted molar refractivity (Wildman–Crippen MR) is 102 cm³/mol. The Morgan fingerprint density at radius 3 is 2.24 bits per heavy atom. The molecule has 0 spiro atoms. The Labute approximate surface area is 147 Å². The number of hydrogen-bond acceptors (Lipinski definition) is 3. The Balaban J connectivity index is 1.84. The Bertz CT molecular complexity index is 1060. The summed E-state index contributed by atoms with van der Waals surface area (Å²) in [5, 5.41) is 1.03. The van der Waals surface area contributed by atoms with Crippen LogP contribution in [-0.4, -0.2) is 15.0 Å². The number of nitrogens with zero attached hydrogens (tertiary/aromatic N) is 3. The van der Waals surface area contributed by atoms with Crippen molar-refractivity contribution in [1.29, 1.82) is 0 Å². The van der Waals surface area contributed by atoms with Gasteiger partial charge in [0.2, 0.25) is 0 Å². The van der Waals surface area contributed by atoms with Gasteiger partial charge >= 0.3 is 0 Å². The molecule has 3 heteroatoms. The molecule has 2 aromatic heterocycles. The number of rotatable bonds is 2. The van der Waals surface area contributed by atoms with E-state index in [0.717, 1.165) is 22.3 Å². The third-order valence-corrected chi connectivity index (χ3v) is 4.40. The summed E-state index contributed by atoms with van der Waals surface area (Å²) >= 11 is 0. The average molecular weight is 325 g/mol. The van der Waals surface area contributed by atoms with Gasteiger partial charge in [0.25, 0.3) is 0 Å². The molecule has 0 aliphatic carbocycles. The van der Waals surface area contributed by atoms with Crippen molar-refractivity contribution in [2.24, 2.45) is 0 Å². The normalized spacial score (nSPS) is 11.0. The van der Waals surface area contributed by atoms with Crippen molar-refractivity contribution >= 4 is 10.9 Å². The van der Waals surface area contributed by atoms with Crippen LogP contribution in [0.2, 0.25) is 0 Å². The summed E-state index contributed by atoms with van der Waals surface area (Å²) in [6.07, 6.45) is 1.86. The van der Waals surface area contributed by atoms with E-state index >= 15 is 0 Å². The number of benzene rings is 2. The summed E-state index contributed by atoms with van der Waals surface area (Å²) in [6.45, 7) is 6.39. The van der Waals surface area contributed by atoms with Gasteiger partial charge in [-0.2, -0.15) is 0 Å². The standard InChI is InChI=1S/C22H19N3/c1-14-11-15(2)21(16(3)12-14)19-9-6-10-20(24-19)22-23-13-17-7-4-5-8-18(17)25-22/h4-13H,1-3H3. The van der Waals surface area contributed by atoms with Crippen molar-refractivity contribution in [3.05, 3.63) is 77.5 Å². The molecule has 0 saturated heterocycles. The Morgan fingerprint density at radius 1 is 0.720 bits per heavy atom. The molecule has 4 rings (SSSR count). The van der Waals surface area contributed by atoms with Crippen LogP contribution < -0.4 is 0 Å². The molecule has 0 aliphatic rings. The first-order chi connectivity index (χ1) is 12.1. The summed E-state index contributed by atoms with van der Waals surface area (Å²) in [6, 6.07) is 18.4. The van der Waals surface area contributed by atoms with Gasteiger partial charge in [0.05, 0.1) is 11.2 Å². The van der Waals surface area contributed by atoms with E-state index < -0.39 is 0 Å². The lowest BCUT2D eigenvalue weighted by Crippen LogP contribution is -1.96. The van der Waals surface area contributed by atoms with E-state index in [0.29, 0.717) is 5.82 Å². The second-order valence-electron chi connectivity index (χ2n) is 6.43. The zero-order valence-electron chi connectivity index (χ0n) is 14.6. The SMILES string of the molecule is Cc1cc(C)c(-c2cccc(-c3ncc4ccccc4n3)n2)c(C)c1. The van der Waals surface area contributed by atoms with E-state index in [1.54, 1.807) is 0 Å². The molecule has 0 radical (unpaired) electrons. The molecule has 0 fully saturated rings. The van der Waals surface area contributed by atoms with Crippen LogP contribution in [0.1, 0.15) is 16.7 Å². The van der Waals surface area contributed by atoms with Gasteiger partial charge in [0.15, 0.2) is 5.82 Å². The first-order valence-corrected chi connectivity index (χ1v) is 8.39. The van der Waals surface area contributed by atoms with Gasteiger partial charge in [0.1, 0.15) is 5.69 Å². The fraction of sp³-hybridized carbons (Fsp3) is 0.136. The van der Waals surface area contributed by atoms with Crippen LogP contribution in [0.3, 0.4) is 0 Å². The van der Waals surface area contributed by atoms with Crippen LogP contribution in [0.5, 0.6) is 0 Å². The van der Waals surface area contributed by atoms with E-state index in [9.17, 15) is 0 Å². The van der Waals surface area contributed by atoms with Crippen molar-refractivity contribution in [3.63, 3.8) is 0 Å². The highest BCUT2D eigenvalue weighted by atomic mass is 14.9. The number of pyridine rings is 1. The van der Waals surface area contributed by atoms with Crippen LogP contribution in [0.15, 0.2) is 60.8 Å². The fourth-order valence-corrected chi connectivity index (χ4v) is 3.38. The van der Waals surface area contributed by atoms with Crippen LogP contribution >= 0.6 is 0 Å². The molecule has 0 saturated carbocycles. The van der Waals surface area contributed by atoms with Gasteiger partial charge in [-0.1, -0.05) is 42.0 Å². The summed E-state index contributed by atoms with van der Waals surface area (Å²) in [4.78, 5) is 14.0. The van der Waals surface area contributed by atoms with Gasteiger partial charge in [-0.15, -0.1) is 0 Å². The van der Waals surface area contributed by atoms with Crippen LogP contribution in [0.25, 0.3) is 33.7 Å². The summed E-state index contributed by atoms with van der Waals surface area (Å²) < 4.78 is 0. The van der Waals surface area contributed by atoms with Crippen molar-refractivity contribution in [3.8, 4) is 22.8 Å². The first kappa shape index (κ1) is 15.5. The van der Waals surface area contributed by atoms with Gasteiger partial charge in [-0.3, -0.25) is 0 Å². The highest BCUT2D eigenvalue weighted by molar-refractivity contribution is 5.79. The Kier molecular flexibility index (Phi) is 3.77. The highest BCUT2D eigenvalue weighted by Crippen LogP contribution is 2.28. The smallest absolute Gasteiger partial charge is 0.178 e. The Hall–Kier alpha value is -3.07. The third-order valence-electron chi connectivity index (χ3n) is 4.40. The molecule has 3 nitrogen and oxygen atoms in total. The molecule has 4 aromatic rings. The van der Waals surface area contributed by atoms with E-state index in [4.69, 9.17) is 4.98 Å². The molecule has 0 aliphatic heterocycles. The number of aromatic nitrogens is 3. The van der Waals surface area contributed by atoms with Crippen molar-refractivity contribution in [2.45, 2.75) is 20.8 Å². The molecular weight excluding hydrogens is 306 g/mol. The lowest BCUT2D eigenvalue weighted by molar-refractivity contribution is 1.17. The minimum absolute atomic E-state index is 0.656. The summed E-state index contributed by atoms with van der Waals surface area (Å²) in [7, 11) is 0. The van der Waals surface area contributed by atoms with Crippen molar-refractivity contribution < 1.29 is 0 Å². The van der Waals surface area contributed by atoms with E-state index in [1.165, 1.54) is 22.3 Å². The number of aryl methyl sites for hydroxylation is 3. The predicted octanol–water partition coefficient (Wildman–Crippen LogP) is 5.28. The maximum absolute atomic E-state index is 4.85. The Morgan fingerprint density at radius 2 is 1.44 bits per heavy atom. The van der Waals surface area contributed by atoms with Crippen LogP contribution in [0.4, 0.5) is 0 Å². The number of fused-ring (bicyclic) bond motifs is 1. The second-order valence-corrected chi connectivity index (χ2v) is 6.43. The number of para-hydroxylation sites is 1. The third kappa shape index (κ3) is 2.89. The highest BCUT2D eigenvalue weighted by Gasteiger charge is 2.11. The van der Waals surface area contributed by atoms with E-state index in [2.05, 4.69) is 48.9 Å². The number of hydrogen-bond donors (Lipinski definition) is 0. The van der Waals surface area contributed by atoms with E-state index in [-0.39, 0.29) is 0 Å². The van der Waals surface area contributed by atoms with Crippen molar-refractivity contribution in [2.75, 3.05) is 0 Å². The monoisotopic (exact) mass is 325 g/mol. The van der Waals surface area contributed by atoms with Gasteiger partial charge in [0, 0.05) is 17.1 Å². The topological polar surface area (TPSA) is 38.7 Å². The summed E-state index contributed by atoms with van der Waals surface area (Å²) in [5.41, 5.74) is 7.62. The molecule has 122 valence electrons. The van der Waals surface area contributed by atoms with Gasteiger partial charge < -0.3 is 0 Å². The molecule has 0 atom stereocenters. The molecule has 0 bridgehead atoms. The lowest BCUT2D eigenvalue weighted by atomic mass is 9.97. The van der Waals surface area contributed by atoms with Crippen molar-refractivity contribution in [1.82, 2.24) is 15.0 Å². The molecular formula is C22H19N3. The van der Waals surface area contributed by atoms with Crippen LogP contribution in [0, 0.1) is 20.8 Å². The zero-order chi connectivity index (χ0) is 17.4. The molecule has 2 aromatic carbocycles. The fourth-order valence-electron chi connectivity index (χ4n) is 3.38. The molecule has 25 heavy (non-hydrogen) atoms. The zero-order valence-corrected chi connectivity index (χ0v) is 14.6. The first-order valence-electron chi connectivity index (χ1n) is 8.39.